The minimum atomic E-state index is -3.13. The van der Waals surface area contributed by atoms with Gasteiger partial charge in [0, 0.05) is 6.04 Å². The van der Waals surface area contributed by atoms with Gasteiger partial charge in [0.25, 0.3) is 0 Å². The summed E-state index contributed by atoms with van der Waals surface area (Å²) < 4.78 is 24.3. The van der Waals surface area contributed by atoms with Crippen molar-refractivity contribution < 1.29 is 8.42 Å². The van der Waals surface area contributed by atoms with Gasteiger partial charge in [-0.25, -0.2) is 8.42 Å². The van der Waals surface area contributed by atoms with Crippen molar-refractivity contribution in [2.24, 2.45) is 0 Å². The van der Waals surface area contributed by atoms with E-state index in [0.717, 1.165) is 6.42 Å². The van der Waals surface area contributed by atoms with Gasteiger partial charge in [-0.2, -0.15) is 0 Å². The van der Waals surface area contributed by atoms with Gasteiger partial charge in [0.15, 0.2) is 9.84 Å². The van der Waals surface area contributed by atoms with Crippen LogP contribution in [0.15, 0.2) is 29.2 Å². The molecular weight excluding hydrogens is 258 g/mol. The Kier molecular flexibility index (Phi) is 6.01. The summed E-state index contributed by atoms with van der Waals surface area (Å²) >= 11 is 0. The number of benzene rings is 1. The second-order valence-corrected chi connectivity index (χ2v) is 7.48. The predicted molar refractivity (Wildman–Crippen MR) is 80.3 cm³/mol. The Morgan fingerprint density at radius 1 is 1.11 bits per heavy atom. The maximum Gasteiger partial charge on any atom is 0.178 e. The molecule has 1 unspecified atom stereocenters. The fourth-order valence-electron chi connectivity index (χ4n) is 1.90. The van der Waals surface area contributed by atoms with Gasteiger partial charge < -0.3 is 5.32 Å². The molecule has 1 N–H and O–H groups in total. The Bertz CT molecular complexity index is 477. The highest BCUT2D eigenvalue weighted by atomic mass is 32.2. The smallest absolute Gasteiger partial charge is 0.178 e. The van der Waals surface area contributed by atoms with Crippen molar-refractivity contribution in [3.63, 3.8) is 0 Å². The molecule has 1 aromatic carbocycles. The quantitative estimate of drug-likeness (QED) is 0.837. The first-order valence-electron chi connectivity index (χ1n) is 6.87. The first-order chi connectivity index (χ1) is 8.86. The lowest BCUT2D eigenvalue weighted by atomic mass is 10.0. The Morgan fingerprint density at radius 3 is 2.16 bits per heavy atom. The molecule has 1 rings (SSSR count). The molecule has 0 spiro atoms. The molecule has 1 aromatic rings. The highest BCUT2D eigenvalue weighted by molar-refractivity contribution is 7.91. The normalized spacial score (nSPS) is 13.7. The standard InChI is InChI=1S/C15H25NO2S/c1-12(2)14-7-9-15(10-8-14)19(17,18)11-5-6-13(3)16-4/h7-10,12-13,16H,5-6,11H2,1-4H3. The molecule has 108 valence electrons. The van der Waals surface area contributed by atoms with Gasteiger partial charge in [0.05, 0.1) is 10.6 Å². The van der Waals surface area contributed by atoms with E-state index in [0.29, 0.717) is 23.3 Å². The Morgan fingerprint density at radius 2 is 1.68 bits per heavy atom. The number of sulfone groups is 1. The molecule has 0 fully saturated rings. The molecule has 19 heavy (non-hydrogen) atoms. The zero-order chi connectivity index (χ0) is 14.5. The molecule has 0 aliphatic rings. The summed E-state index contributed by atoms with van der Waals surface area (Å²) in [6.07, 6.45) is 1.57. The highest BCUT2D eigenvalue weighted by Crippen LogP contribution is 2.19. The summed E-state index contributed by atoms with van der Waals surface area (Å²) in [6, 6.07) is 7.64. The van der Waals surface area contributed by atoms with Crippen molar-refractivity contribution in [2.75, 3.05) is 12.8 Å². The minimum absolute atomic E-state index is 0.222. The predicted octanol–water partition coefficient (Wildman–Crippen LogP) is 2.97. The van der Waals surface area contributed by atoms with Crippen molar-refractivity contribution in [2.45, 2.75) is 50.5 Å². The van der Waals surface area contributed by atoms with Gasteiger partial charge in [0.1, 0.15) is 0 Å². The van der Waals surface area contributed by atoms with Crippen LogP contribution in [0.4, 0.5) is 0 Å². The number of hydrogen-bond acceptors (Lipinski definition) is 3. The van der Waals surface area contributed by atoms with E-state index in [1.165, 1.54) is 5.56 Å². The topological polar surface area (TPSA) is 46.2 Å². The summed E-state index contributed by atoms with van der Waals surface area (Å²) in [7, 11) is -1.24. The third kappa shape index (κ3) is 4.96. The molecule has 0 saturated heterocycles. The van der Waals surface area contributed by atoms with Crippen LogP contribution in [0.5, 0.6) is 0 Å². The lowest BCUT2D eigenvalue weighted by molar-refractivity contribution is 0.548. The van der Waals surface area contributed by atoms with Crippen molar-refractivity contribution in [1.82, 2.24) is 5.32 Å². The van der Waals surface area contributed by atoms with E-state index in [4.69, 9.17) is 0 Å². The molecular formula is C15H25NO2S. The van der Waals surface area contributed by atoms with Crippen molar-refractivity contribution >= 4 is 9.84 Å². The molecule has 4 heteroatoms. The van der Waals surface area contributed by atoms with Crippen LogP contribution in [0.1, 0.15) is 45.1 Å². The average Bonchev–Trinajstić information content (AvgIpc) is 2.38. The van der Waals surface area contributed by atoms with Gasteiger partial charge in [-0.1, -0.05) is 26.0 Å². The summed E-state index contributed by atoms with van der Waals surface area (Å²) in [6.45, 7) is 6.26. The Hall–Kier alpha value is -0.870. The Labute approximate surface area is 117 Å². The minimum Gasteiger partial charge on any atom is -0.317 e. The fraction of sp³-hybridized carbons (Fsp3) is 0.600. The third-order valence-corrected chi connectivity index (χ3v) is 5.27. The van der Waals surface area contributed by atoms with Crippen LogP contribution < -0.4 is 5.32 Å². The van der Waals surface area contributed by atoms with E-state index in [9.17, 15) is 8.42 Å². The van der Waals surface area contributed by atoms with Gasteiger partial charge >= 0.3 is 0 Å². The second-order valence-electron chi connectivity index (χ2n) is 5.37. The first kappa shape index (κ1) is 16.2. The lowest BCUT2D eigenvalue weighted by Gasteiger charge is -2.10. The van der Waals surface area contributed by atoms with Gasteiger partial charge in [-0.15, -0.1) is 0 Å². The summed E-state index contributed by atoms with van der Waals surface area (Å²) in [5.74, 6) is 0.647. The van der Waals surface area contributed by atoms with E-state index in [-0.39, 0.29) is 5.75 Å². The van der Waals surface area contributed by atoms with Crippen LogP contribution in [0.25, 0.3) is 0 Å². The molecule has 3 nitrogen and oxygen atoms in total. The van der Waals surface area contributed by atoms with Crippen LogP contribution >= 0.6 is 0 Å². The largest absolute Gasteiger partial charge is 0.317 e. The summed E-state index contributed by atoms with van der Waals surface area (Å²) in [4.78, 5) is 0.439. The van der Waals surface area contributed by atoms with Crippen molar-refractivity contribution in [3.05, 3.63) is 29.8 Å². The number of rotatable bonds is 7. The molecule has 1 atom stereocenters. The van der Waals surface area contributed by atoms with E-state index in [1.807, 2.05) is 19.2 Å². The second kappa shape index (κ2) is 7.06. The molecule has 0 aliphatic heterocycles. The third-order valence-electron chi connectivity index (χ3n) is 3.45. The summed E-state index contributed by atoms with van der Waals surface area (Å²) in [5, 5.41) is 3.12. The zero-order valence-corrected chi connectivity index (χ0v) is 13.1. The highest BCUT2D eigenvalue weighted by Gasteiger charge is 2.14. The number of nitrogens with one attached hydrogen (secondary N) is 1. The van der Waals surface area contributed by atoms with Crippen LogP contribution in [0, 0.1) is 0 Å². The molecule has 0 aromatic heterocycles. The molecule has 0 bridgehead atoms. The zero-order valence-electron chi connectivity index (χ0n) is 12.3. The lowest BCUT2D eigenvalue weighted by Crippen LogP contribution is -2.22. The van der Waals surface area contributed by atoms with Crippen molar-refractivity contribution in [3.8, 4) is 0 Å². The molecule has 0 amide bonds. The van der Waals surface area contributed by atoms with Crippen LogP contribution in [-0.2, 0) is 9.84 Å². The van der Waals surface area contributed by atoms with E-state index in [1.54, 1.807) is 12.1 Å². The maximum absolute atomic E-state index is 12.2. The fourth-order valence-corrected chi connectivity index (χ4v) is 3.23. The van der Waals surface area contributed by atoms with Crippen molar-refractivity contribution in [1.29, 1.82) is 0 Å². The van der Waals surface area contributed by atoms with Crippen LogP contribution in [-0.4, -0.2) is 27.3 Å². The van der Waals surface area contributed by atoms with E-state index >= 15 is 0 Å². The van der Waals surface area contributed by atoms with Crippen LogP contribution in [0.2, 0.25) is 0 Å². The van der Waals surface area contributed by atoms with Gasteiger partial charge in [0.2, 0.25) is 0 Å². The maximum atomic E-state index is 12.2. The van der Waals surface area contributed by atoms with Gasteiger partial charge in [-0.3, -0.25) is 0 Å². The van der Waals surface area contributed by atoms with E-state index in [2.05, 4.69) is 26.1 Å². The average molecular weight is 283 g/mol. The van der Waals surface area contributed by atoms with Gasteiger partial charge in [-0.05, 0) is 50.4 Å². The molecule has 0 heterocycles. The van der Waals surface area contributed by atoms with Crippen LogP contribution in [0.3, 0.4) is 0 Å². The van der Waals surface area contributed by atoms with E-state index < -0.39 is 9.84 Å². The molecule has 0 aliphatic carbocycles. The summed E-state index contributed by atoms with van der Waals surface area (Å²) in [5.41, 5.74) is 1.17. The first-order valence-corrected chi connectivity index (χ1v) is 8.52. The monoisotopic (exact) mass is 283 g/mol. The molecule has 0 saturated carbocycles. The SMILES string of the molecule is CNC(C)CCCS(=O)(=O)c1ccc(C(C)C)cc1. The molecule has 0 radical (unpaired) electrons. The number of hydrogen-bond donors (Lipinski definition) is 1. The Balaban J connectivity index is 2.67.